The molecule has 1 fully saturated rings. The van der Waals surface area contributed by atoms with E-state index in [1.165, 1.54) is 37.9 Å². The van der Waals surface area contributed by atoms with Crippen molar-refractivity contribution >= 4 is 0 Å². The molecule has 1 aliphatic rings. The predicted octanol–water partition coefficient (Wildman–Crippen LogP) is 1.93. The lowest BCUT2D eigenvalue weighted by Gasteiger charge is -2.34. The number of piperidine rings is 1. The Morgan fingerprint density at radius 1 is 1.16 bits per heavy atom. The van der Waals surface area contributed by atoms with Gasteiger partial charge in [-0.1, -0.05) is 36.8 Å². The summed E-state index contributed by atoms with van der Waals surface area (Å²) in [4.78, 5) is 4.96. The molecule has 1 aliphatic heterocycles. The lowest BCUT2D eigenvalue weighted by atomic mass is 10.1. The van der Waals surface area contributed by atoms with E-state index in [4.69, 9.17) is 5.73 Å². The molecular weight excluding hydrogens is 234 g/mol. The van der Waals surface area contributed by atoms with Gasteiger partial charge in [-0.15, -0.1) is 0 Å². The van der Waals surface area contributed by atoms with Crippen LogP contribution >= 0.6 is 0 Å². The molecule has 1 aromatic carbocycles. The van der Waals surface area contributed by atoms with E-state index in [9.17, 15) is 0 Å². The molecule has 1 saturated heterocycles. The molecule has 0 aromatic heterocycles. The highest BCUT2D eigenvalue weighted by atomic mass is 15.2. The van der Waals surface area contributed by atoms with Crippen molar-refractivity contribution in [3.05, 3.63) is 35.9 Å². The second-order valence-electron chi connectivity index (χ2n) is 5.65. The summed E-state index contributed by atoms with van der Waals surface area (Å²) in [6.45, 7) is 5.32. The first-order valence-corrected chi connectivity index (χ1v) is 7.46. The molecule has 1 heterocycles. The summed E-state index contributed by atoms with van der Waals surface area (Å²) in [5.41, 5.74) is 7.34. The maximum Gasteiger partial charge on any atom is 0.0346 e. The zero-order valence-corrected chi connectivity index (χ0v) is 12.1. The number of likely N-dealkylation sites (N-methyl/N-ethyl adjacent to an activating group) is 1. The highest BCUT2D eigenvalue weighted by Gasteiger charge is 2.18. The molecule has 0 amide bonds. The minimum atomic E-state index is 0.457. The Morgan fingerprint density at radius 2 is 1.84 bits per heavy atom. The molecule has 3 heteroatoms. The molecule has 2 rings (SSSR count). The quantitative estimate of drug-likeness (QED) is 0.849. The van der Waals surface area contributed by atoms with E-state index >= 15 is 0 Å². The van der Waals surface area contributed by atoms with Crippen molar-refractivity contribution in [3.8, 4) is 0 Å². The summed E-state index contributed by atoms with van der Waals surface area (Å²) in [6, 6.07) is 11.1. The van der Waals surface area contributed by atoms with Gasteiger partial charge in [-0.25, -0.2) is 0 Å². The summed E-state index contributed by atoms with van der Waals surface area (Å²) in [7, 11) is 2.19. The van der Waals surface area contributed by atoms with Gasteiger partial charge < -0.3 is 10.6 Å². The van der Waals surface area contributed by atoms with Gasteiger partial charge in [0.05, 0.1) is 0 Å². The van der Waals surface area contributed by atoms with Crippen LogP contribution in [0.3, 0.4) is 0 Å². The first kappa shape index (κ1) is 14.5. The van der Waals surface area contributed by atoms with Gasteiger partial charge in [-0.2, -0.15) is 0 Å². The van der Waals surface area contributed by atoms with Gasteiger partial charge >= 0.3 is 0 Å². The van der Waals surface area contributed by atoms with Gasteiger partial charge in [0.15, 0.2) is 0 Å². The van der Waals surface area contributed by atoms with Crippen molar-refractivity contribution in [3.63, 3.8) is 0 Å². The van der Waals surface area contributed by atoms with Crippen LogP contribution in [-0.4, -0.2) is 49.1 Å². The second kappa shape index (κ2) is 7.63. The second-order valence-corrected chi connectivity index (χ2v) is 5.65. The summed E-state index contributed by atoms with van der Waals surface area (Å²) in [6.07, 6.45) is 4.09. The SMILES string of the molecule is CN(Cc1ccccc1)C(CN)CN1CCCCC1. The Balaban J connectivity index is 1.85. The van der Waals surface area contributed by atoms with Crippen LogP contribution in [-0.2, 0) is 6.54 Å². The van der Waals surface area contributed by atoms with E-state index in [-0.39, 0.29) is 0 Å². The topological polar surface area (TPSA) is 32.5 Å². The molecule has 0 aliphatic carbocycles. The number of likely N-dealkylation sites (tertiary alicyclic amines) is 1. The molecule has 0 spiro atoms. The highest BCUT2D eigenvalue weighted by molar-refractivity contribution is 5.14. The van der Waals surface area contributed by atoms with Gasteiger partial charge in [0.1, 0.15) is 0 Å². The molecule has 0 radical (unpaired) electrons. The van der Waals surface area contributed by atoms with Crippen LogP contribution in [0.15, 0.2) is 30.3 Å². The predicted molar refractivity (Wildman–Crippen MR) is 81.0 cm³/mol. The summed E-state index contributed by atoms with van der Waals surface area (Å²) in [5.74, 6) is 0. The Bertz CT molecular complexity index is 346. The largest absolute Gasteiger partial charge is 0.329 e. The van der Waals surface area contributed by atoms with Crippen molar-refractivity contribution in [2.75, 3.05) is 33.2 Å². The average molecular weight is 261 g/mol. The number of hydrogen-bond acceptors (Lipinski definition) is 3. The zero-order chi connectivity index (χ0) is 13.5. The van der Waals surface area contributed by atoms with Crippen LogP contribution < -0.4 is 5.73 Å². The van der Waals surface area contributed by atoms with E-state index < -0.39 is 0 Å². The van der Waals surface area contributed by atoms with Crippen LogP contribution in [0.4, 0.5) is 0 Å². The smallest absolute Gasteiger partial charge is 0.0346 e. The molecule has 1 aromatic rings. The molecule has 2 N–H and O–H groups in total. The molecule has 1 unspecified atom stereocenters. The van der Waals surface area contributed by atoms with Crippen LogP contribution in [0.5, 0.6) is 0 Å². The minimum Gasteiger partial charge on any atom is -0.329 e. The van der Waals surface area contributed by atoms with Crippen molar-refractivity contribution in [2.24, 2.45) is 5.73 Å². The van der Waals surface area contributed by atoms with Gasteiger partial charge in [-0.3, -0.25) is 4.90 Å². The van der Waals surface area contributed by atoms with Crippen LogP contribution in [0.25, 0.3) is 0 Å². The van der Waals surface area contributed by atoms with E-state index in [0.717, 1.165) is 19.6 Å². The first-order chi connectivity index (χ1) is 9.29. The molecule has 0 saturated carbocycles. The lowest BCUT2D eigenvalue weighted by Crippen LogP contribution is -2.47. The third-order valence-electron chi connectivity index (χ3n) is 4.09. The fraction of sp³-hybridized carbons (Fsp3) is 0.625. The lowest BCUT2D eigenvalue weighted by molar-refractivity contribution is 0.144. The highest BCUT2D eigenvalue weighted by Crippen LogP contribution is 2.12. The van der Waals surface area contributed by atoms with Crippen molar-refractivity contribution in [1.82, 2.24) is 9.80 Å². The molecular formula is C16H27N3. The molecule has 106 valence electrons. The monoisotopic (exact) mass is 261 g/mol. The Hall–Kier alpha value is -0.900. The maximum atomic E-state index is 5.98. The summed E-state index contributed by atoms with van der Waals surface area (Å²) in [5, 5.41) is 0. The Labute approximate surface area is 117 Å². The van der Waals surface area contributed by atoms with Crippen LogP contribution in [0.1, 0.15) is 24.8 Å². The number of nitrogens with zero attached hydrogens (tertiary/aromatic N) is 2. The van der Waals surface area contributed by atoms with Crippen molar-refractivity contribution < 1.29 is 0 Å². The standard InChI is InChI=1S/C16H27N3/c1-18(13-15-8-4-2-5-9-15)16(12-17)14-19-10-6-3-7-11-19/h2,4-5,8-9,16H,3,6-7,10-14,17H2,1H3. The van der Waals surface area contributed by atoms with Gasteiger partial charge in [-0.05, 0) is 38.5 Å². The fourth-order valence-electron chi connectivity index (χ4n) is 2.83. The average Bonchev–Trinajstić information content (AvgIpc) is 2.47. The van der Waals surface area contributed by atoms with Crippen LogP contribution in [0, 0.1) is 0 Å². The van der Waals surface area contributed by atoms with E-state index in [0.29, 0.717) is 6.04 Å². The van der Waals surface area contributed by atoms with Gasteiger partial charge in [0, 0.05) is 25.7 Å². The maximum absolute atomic E-state index is 5.98. The molecule has 3 nitrogen and oxygen atoms in total. The van der Waals surface area contributed by atoms with E-state index in [2.05, 4.69) is 47.2 Å². The van der Waals surface area contributed by atoms with E-state index in [1.807, 2.05) is 0 Å². The number of benzene rings is 1. The molecule has 0 bridgehead atoms. The molecule has 1 atom stereocenters. The fourth-order valence-corrected chi connectivity index (χ4v) is 2.83. The van der Waals surface area contributed by atoms with Crippen molar-refractivity contribution in [2.45, 2.75) is 31.8 Å². The first-order valence-electron chi connectivity index (χ1n) is 7.46. The van der Waals surface area contributed by atoms with E-state index in [1.54, 1.807) is 0 Å². The third kappa shape index (κ3) is 4.60. The van der Waals surface area contributed by atoms with Crippen molar-refractivity contribution in [1.29, 1.82) is 0 Å². The summed E-state index contributed by atoms with van der Waals surface area (Å²) < 4.78 is 0. The minimum absolute atomic E-state index is 0.457. The summed E-state index contributed by atoms with van der Waals surface area (Å²) >= 11 is 0. The van der Waals surface area contributed by atoms with Gasteiger partial charge in [0.2, 0.25) is 0 Å². The zero-order valence-electron chi connectivity index (χ0n) is 12.1. The normalized spacial score (nSPS) is 18.7. The number of nitrogens with two attached hydrogens (primary N) is 1. The number of rotatable bonds is 6. The Morgan fingerprint density at radius 3 is 2.47 bits per heavy atom. The van der Waals surface area contributed by atoms with Gasteiger partial charge in [0.25, 0.3) is 0 Å². The third-order valence-corrected chi connectivity index (χ3v) is 4.09. The number of hydrogen-bond donors (Lipinski definition) is 1. The van der Waals surface area contributed by atoms with Crippen LogP contribution in [0.2, 0.25) is 0 Å². The molecule has 19 heavy (non-hydrogen) atoms. The Kier molecular flexibility index (Phi) is 5.83.